The number of aromatic nitrogens is 4. The number of tetrazole rings is 1. The Hall–Kier alpha value is -2.94. The number of nitrogens with one attached hydrogen (secondary N) is 2. The quantitative estimate of drug-likeness (QED) is 0.452. The molecular formula is C23H31N7O3S. The van der Waals surface area contributed by atoms with Gasteiger partial charge in [0, 0.05) is 11.4 Å². The zero-order valence-electron chi connectivity index (χ0n) is 19.7. The van der Waals surface area contributed by atoms with Crippen LogP contribution in [0.5, 0.6) is 0 Å². The molecule has 1 aliphatic heterocycles. The van der Waals surface area contributed by atoms with Crippen molar-refractivity contribution in [3.05, 3.63) is 30.3 Å². The van der Waals surface area contributed by atoms with E-state index in [1.54, 1.807) is 30.5 Å². The molecule has 0 saturated carbocycles. The second-order valence-corrected chi connectivity index (χ2v) is 9.14. The van der Waals surface area contributed by atoms with Crippen molar-refractivity contribution < 1.29 is 14.3 Å². The number of likely N-dealkylation sites (tertiary alicyclic amines) is 1. The monoisotopic (exact) mass is 485 g/mol. The molecule has 0 spiro atoms. The summed E-state index contributed by atoms with van der Waals surface area (Å²) in [4.78, 5) is 29.0. The molecule has 0 radical (unpaired) electrons. The Labute approximate surface area is 204 Å². The Kier molecular flexibility index (Phi) is 9.44. The van der Waals surface area contributed by atoms with Crippen LogP contribution < -0.4 is 10.6 Å². The molecule has 2 N–H and O–H groups in total. The van der Waals surface area contributed by atoms with Crippen molar-refractivity contribution in [2.75, 3.05) is 20.2 Å². The van der Waals surface area contributed by atoms with E-state index in [0.29, 0.717) is 18.2 Å². The van der Waals surface area contributed by atoms with Crippen molar-refractivity contribution in [3.63, 3.8) is 0 Å². The minimum atomic E-state index is -0.857. The van der Waals surface area contributed by atoms with Crippen molar-refractivity contribution in [2.45, 2.75) is 67.5 Å². The Morgan fingerprint density at radius 3 is 2.79 bits per heavy atom. The summed E-state index contributed by atoms with van der Waals surface area (Å²) in [6, 6.07) is 8.44. The number of hydrogen-bond donors (Lipinski definition) is 2. The van der Waals surface area contributed by atoms with Crippen LogP contribution in [0.15, 0.2) is 40.4 Å². The number of nitrogens with zero attached hydrogens (tertiary/aromatic N) is 5. The molecule has 2 heterocycles. The Morgan fingerprint density at radius 1 is 1.32 bits per heavy atom. The van der Waals surface area contributed by atoms with Crippen LogP contribution in [0.3, 0.4) is 0 Å². The molecule has 4 atom stereocenters. The third kappa shape index (κ3) is 6.56. The summed E-state index contributed by atoms with van der Waals surface area (Å²) >= 11 is 1.47. The molecule has 1 fully saturated rings. The highest BCUT2D eigenvalue weighted by atomic mass is 32.2. The fourth-order valence-electron chi connectivity index (χ4n) is 3.74. The van der Waals surface area contributed by atoms with Gasteiger partial charge >= 0.3 is 0 Å². The van der Waals surface area contributed by atoms with E-state index in [4.69, 9.17) is 11.2 Å². The van der Waals surface area contributed by atoms with Crippen molar-refractivity contribution in [1.82, 2.24) is 35.7 Å². The zero-order valence-corrected chi connectivity index (χ0v) is 20.5. The highest BCUT2D eigenvalue weighted by Crippen LogP contribution is 2.27. The fourth-order valence-corrected chi connectivity index (χ4v) is 4.53. The second-order valence-electron chi connectivity index (χ2n) is 8.10. The largest absolute Gasteiger partial charge is 0.363 e. The summed E-state index contributed by atoms with van der Waals surface area (Å²) in [5.74, 6) is 1.93. The van der Waals surface area contributed by atoms with Gasteiger partial charge < -0.3 is 20.3 Å². The standard InChI is InChI=1S/C23H31N7O3S/c1-5-14-33-17(3)20(25-21(31)16(2)24-4)22(32)29-13-9-10-18(29)15-30-23(26-27-28-30)34-19-11-7-6-8-12-19/h1,6-8,11-12,16-18,20,24H,9-10,13-15H2,2-4H3,(H,25,31). The number of carbonyl (C=O) groups is 2. The van der Waals surface area contributed by atoms with E-state index in [1.807, 2.05) is 30.3 Å². The summed E-state index contributed by atoms with van der Waals surface area (Å²) in [6.07, 6.45) is 6.40. The van der Waals surface area contributed by atoms with Gasteiger partial charge in [0.1, 0.15) is 12.6 Å². The van der Waals surface area contributed by atoms with Crippen LogP contribution in [0.2, 0.25) is 0 Å². The number of terminal acetylenes is 1. The van der Waals surface area contributed by atoms with E-state index >= 15 is 0 Å². The third-order valence-corrected chi connectivity index (χ3v) is 6.77. The molecule has 34 heavy (non-hydrogen) atoms. The van der Waals surface area contributed by atoms with Gasteiger partial charge in [0.15, 0.2) is 0 Å². The zero-order chi connectivity index (χ0) is 24.5. The predicted octanol–water partition coefficient (Wildman–Crippen LogP) is 0.946. The van der Waals surface area contributed by atoms with Gasteiger partial charge in [-0.05, 0) is 68.1 Å². The Balaban J connectivity index is 1.74. The first kappa shape index (κ1) is 25.7. The lowest BCUT2D eigenvalue weighted by molar-refractivity contribution is -0.141. The molecule has 2 amide bonds. The van der Waals surface area contributed by atoms with Crippen molar-refractivity contribution in [3.8, 4) is 12.3 Å². The molecule has 1 aliphatic rings. The number of likely N-dealkylation sites (N-methyl/N-ethyl adjacent to an activating group) is 1. The van der Waals surface area contributed by atoms with E-state index in [9.17, 15) is 9.59 Å². The number of hydrogen-bond acceptors (Lipinski definition) is 8. The van der Waals surface area contributed by atoms with Crippen LogP contribution in [0.4, 0.5) is 0 Å². The molecular weight excluding hydrogens is 454 g/mol. The molecule has 0 bridgehead atoms. The average molecular weight is 486 g/mol. The van der Waals surface area contributed by atoms with Crippen LogP contribution in [0, 0.1) is 12.3 Å². The SMILES string of the molecule is C#CCOC(C)C(NC(=O)C(C)NC)C(=O)N1CCCC1Cn1nnnc1Sc1ccccc1. The molecule has 10 nitrogen and oxygen atoms in total. The molecule has 0 aliphatic carbocycles. The van der Waals surface area contributed by atoms with Gasteiger partial charge in [-0.25, -0.2) is 4.68 Å². The Bertz CT molecular complexity index is 994. The lowest BCUT2D eigenvalue weighted by Crippen LogP contribution is -2.58. The topological polar surface area (TPSA) is 114 Å². The van der Waals surface area contributed by atoms with Gasteiger partial charge in [0.05, 0.1) is 24.7 Å². The minimum Gasteiger partial charge on any atom is -0.363 e. The molecule has 1 aromatic heterocycles. The second kappa shape index (κ2) is 12.5. The van der Waals surface area contributed by atoms with Crippen LogP contribution in [0.1, 0.15) is 26.7 Å². The molecule has 3 rings (SSSR count). The lowest BCUT2D eigenvalue weighted by Gasteiger charge is -2.32. The predicted molar refractivity (Wildman–Crippen MR) is 128 cm³/mol. The molecule has 1 saturated heterocycles. The summed E-state index contributed by atoms with van der Waals surface area (Å²) in [5.41, 5.74) is 0. The third-order valence-electron chi connectivity index (χ3n) is 5.78. The van der Waals surface area contributed by atoms with Crippen LogP contribution in [0.25, 0.3) is 0 Å². The van der Waals surface area contributed by atoms with Gasteiger partial charge in [-0.2, -0.15) is 0 Å². The summed E-state index contributed by atoms with van der Waals surface area (Å²) in [7, 11) is 1.69. The molecule has 2 aromatic rings. The summed E-state index contributed by atoms with van der Waals surface area (Å²) in [5, 5.41) is 18.5. The molecule has 4 unspecified atom stereocenters. The average Bonchev–Trinajstić information content (AvgIpc) is 3.50. The van der Waals surface area contributed by atoms with Crippen LogP contribution in [-0.4, -0.2) is 81.4 Å². The first-order chi connectivity index (χ1) is 16.4. The maximum absolute atomic E-state index is 13.6. The number of carbonyl (C=O) groups excluding carboxylic acids is 2. The smallest absolute Gasteiger partial charge is 0.248 e. The van der Waals surface area contributed by atoms with Gasteiger partial charge in [-0.15, -0.1) is 11.5 Å². The lowest BCUT2D eigenvalue weighted by atomic mass is 10.1. The fraction of sp³-hybridized carbons (Fsp3) is 0.522. The number of rotatable bonds is 11. The van der Waals surface area contributed by atoms with Gasteiger partial charge in [-0.3, -0.25) is 9.59 Å². The normalized spacial score (nSPS) is 18.2. The van der Waals surface area contributed by atoms with E-state index < -0.39 is 18.2 Å². The van der Waals surface area contributed by atoms with Gasteiger partial charge in [-0.1, -0.05) is 24.1 Å². The minimum absolute atomic E-state index is 0.0521. The van der Waals surface area contributed by atoms with Crippen LogP contribution >= 0.6 is 11.8 Å². The number of amides is 2. The van der Waals surface area contributed by atoms with E-state index in [2.05, 4.69) is 32.1 Å². The molecule has 11 heteroatoms. The summed E-state index contributed by atoms with van der Waals surface area (Å²) in [6.45, 7) is 4.57. The van der Waals surface area contributed by atoms with E-state index in [0.717, 1.165) is 17.7 Å². The van der Waals surface area contributed by atoms with E-state index in [-0.39, 0.29) is 24.5 Å². The highest BCUT2D eigenvalue weighted by molar-refractivity contribution is 7.99. The maximum Gasteiger partial charge on any atom is 0.248 e. The summed E-state index contributed by atoms with van der Waals surface area (Å²) < 4.78 is 7.34. The number of ether oxygens (including phenoxy) is 1. The molecule has 1 aromatic carbocycles. The van der Waals surface area contributed by atoms with Gasteiger partial charge in [0.2, 0.25) is 17.0 Å². The van der Waals surface area contributed by atoms with Crippen molar-refractivity contribution >= 4 is 23.6 Å². The first-order valence-corrected chi connectivity index (χ1v) is 12.1. The first-order valence-electron chi connectivity index (χ1n) is 11.3. The van der Waals surface area contributed by atoms with Crippen molar-refractivity contribution in [2.24, 2.45) is 0 Å². The number of benzene rings is 1. The maximum atomic E-state index is 13.6. The van der Waals surface area contributed by atoms with Gasteiger partial charge in [0.25, 0.3) is 0 Å². The Morgan fingerprint density at radius 2 is 2.09 bits per heavy atom. The highest BCUT2D eigenvalue weighted by Gasteiger charge is 2.38. The van der Waals surface area contributed by atoms with Crippen molar-refractivity contribution in [1.29, 1.82) is 0 Å². The van der Waals surface area contributed by atoms with Crippen LogP contribution in [-0.2, 0) is 20.9 Å². The molecule has 182 valence electrons. The van der Waals surface area contributed by atoms with E-state index in [1.165, 1.54) is 11.8 Å².